The highest BCUT2D eigenvalue weighted by Gasteiger charge is 2.29. The Balaban J connectivity index is 1.52. The van der Waals surface area contributed by atoms with E-state index < -0.39 is 0 Å². The molecule has 3 rings (SSSR count). The van der Waals surface area contributed by atoms with Gasteiger partial charge in [-0.25, -0.2) is 0 Å². The van der Waals surface area contributed by atoms with Gasteiger partial charge >= 0.3 is 0 Å². The van der Waals surface area contributed by atoms with Gasteiger partial charge in [0.2, 0.25) is 5.91 Å². The van der Waals surface area contributed by atoms with Crippen LogP contribution in [0.2, 0.25) is 0 Å². The number of carbonyl (C=O) groups is 1. The van der Waals surface area contributed by atoms with Crippen molar-refractivity contribution in [2.24, 2.45) is 16.8 Å². The van der Waals surface area contributed by atoms with Gasteiger partial charge < -0.3 is 20.7 Å². The number of nitrogens with zero attached hydrogens (tertiary/aromatic N) is 1. The lowest BCUT2D eigenvalue weighted by molar-refractivity contribution is -0.122. The zero-order chi connectivity index (χ0) is 19.8. The molecule has 0 bridgehead atoms. The summed E-state index contributed by atoms with van der Waals surface area (Å²) in [6, 6.07) is 8.65. The third-order valence-electron chi connectivity index (χ3n) is 5.34. The molecule has 28 heavy (non-hydrogen) atoms. The van der Waals surface area contributed by atoms with E-state index >= 15 is 0 Å². The van der Waals surface area contributed by atoms with Crippen molar-refractivity contribution >= 4 is 11.9 Å². The second-order valence-corrected chi connectivity index (χ2v) is 7.82. The Kier molecular flexibility index (Phi) is 7.71. The van der Waals surface area contributed by atoms with Crippen LogP contribution < -0.4 is 16.0 Å². The smallest absolute Gasteiger partial charge is 0.223 e. The highest BCUT2D eigenvalue weighted by molar-refractivity contribution is 5.81. The molecule has 1 aliphatic carbocycles. The van der Waals surface area contributed by atoms with Gasteiger partial charge in [-0.1, -0.05) is 29.8 Å². The van der Waals surface area contributed by atoms with E-state index in [-0.39, 0.29) is 17.9 Å². The molecule has 2 atom stereocenters. The Hall–Kier alpha value is -2.08. The van der Waals surface area contributed by atoms with Gasteiger partial charge in [0.05, 0.1) is 6.10 Å². The topological polar surface area (TPSA) is 74.8 Å². The molecular weight excluding hydrogens is 352 g/mol. The molecule has 0 radical (unpaired) electrons. The summed E-state index contributed by atoms with van der Waals surface area (Å²) in [5, 5.41) is 9.59. The maximum absolute atomic E-state index is 11.7. The summed E-state index contributed by atoms with van der Waals surface area (Å²) in [5.74, 6) is 1.62. The van der Waals surface area contributed by atoms with Crippen LogP contribution in [-0.4, -0.2) is 44.7 Å². The van der Waals surface area contributed by atoms with Gasteiger partial charge in [-0.15, -0.1) is 0 Å². The molecule has 154 valence electrons. The standard InChI is InChI=1S/C22H34N4O2/c1-3-23-22(25-13-12-24-21(27)18-10-11-18)26-15-19-5-4-14-28-20(19)17-8-6-16(2)7-9-17/h6-9,18-20H,3-5,10-15H2,1-2H3,(H,24,27)(H2,23,25,26). The Morgan fingerprint density at radius 1 is 1.11 bits per heavy atom. The zero-order valence-electron chi connectivity index (χ0n) is 17.2. The van der Waals surface area contributed by atoms with E-state index in [4.69, 9.17) is 9.73 Å². The summed E-state index contributed by atoms with van der Waals surface area (Å²) in [6.45, 7) is 7.81. The minimum absolute atomic E-state index is 0.110. The molecule has 3 N–H and O–H groups in total. The number of ether oxygens (including phenoxy) is 1. The average molecular weight is 387 g/mol. The van der Waals surface area contributed by atoms with Gasteiger partial charge in [-0.05, 0) is 45.1 Å². The van der Waals surface area contributed by atoms with Gasteiger partial charge in [0.1, 0.15) is 0 Å². The number of hydrogen-bond donors (Lipinski definition) is 3. The van der Waals surface area contributed by atoms with Crippen molar-refractivity contribution in [1.82, 2.24) is 16.0 Å². The van der Waals surface area contributed by atoms with E-state index in [0.717, 1.165) is 51.3 Å². The number of aliphatic imine (C=N–C) groups is 1. The molecule has 1 amide bonds. The fraction of sp³-hybridized carbons (Fsp3) is 0.636. The number of hydrogen-bond acceptors (Lipinski definition) is 3. The molecule has 1 aliphatic heterocycles. The molecule has 0 spiro atoms. The maximum atomic E-state index is 11.7. The SMILES string of the molecule is CCNC(=NCC1CCCOC1c1ccc(C)cc1)NCCNC(=O)C1CC1. The lowest BCUT2D eigenvalue weighted by Crippen LogP contribution is -2.42. The third-order valence-corrected chi connectivity index (χ3v) is 5.34. The molecule has 1 saturated carbocycles. The number of rotatable bonds is 8. The number of benzene rings is 1. The second kappa shape index (κ2) is 10.5. The summed E-state index contributed by atoms with van der Waals surface area (Å²) < 4.78 is 6.10. The van der Waals surface area contributed by atoms with Crippen molar-refractivity contribution < 1.29 is 9.53 Å². The number of aryl methyl sites for hydroxylation is 1. The van der Waals surface area contributed by atoms with Gasteiger partial charge in [-0.3, -0.25) is 9.79 Å². The fourth-order valence-electron chi connectivity index (χ4n) is 3.56. The molecule has 0 aromatic heterocycles. The zero-order valence-corrected chi connectivity index (χ0v) is 17.2. The average Bonchev–Trinajstić information content (AvgIpc) is 3.55. The molecule has 2 unspecified atom stereocenters. The normalized spacial score (nSPS) is 22.6. The second-order valence-electron chi connectivity index (χ2n) is 7.82. The third kappa shape index (κ3) is 6.23. The number of nitrogens with one attached hydrogen (secondary N) is 3. The first-order valence-electron chi connectivity index (χ1n) is 10.7. The van der Waals surface area contributed by atoms with Crippen LogP contribution in [-0.2, 0) is 9.53 Å². The van der Waals surface area contributed by atoms with E-state index in [1.165, 1.54) is 11.1 Å². The summed E-state index contributed by atoms with van der Waals surface area (Å²) in [5.41, 5.74) is 2.51. The van der Waals surface area contributed by atoms with Crippen LogP contribution in [0.1, 0.15) is 49.8 Å². The molecule has 6 nitrogen and oxygen atoms in total. The van der Waals surface area contributed by atoms with Crippen molar-refractivity contribution in [1.29, 1.82) is 0 Å². The van der Waals surface area contributed by atoms with E-state index in [2.05, 4.69) is 54.1 Å². The number of amides is 1. The van der Waals surface area contributed by atoms with Crippen molar-refractivity contribution in [2.75, 3.05) is 32.8 Å². The first-order valence-corrected chi connectivity index (χ1v) is 10.7. The van der Waals surface area contributed by atoms with E-state index in [1.807, 2.05) is 0 Å². The Labute approximate surface area is 168 Å². The van der Waals surface area contributed by atoms with Gasteiger partial charge in [0.25, 0.3) is 0 Å². The van der Waals surface area contributed by atoms with Gasteiger partial charge in [0.15, 0.2) is 5.96 Å². The van der Waals surface area contributed by atoms with Crippen LogP contribution in [0.3, 0.4) is 0 Å². The molecular formula is C22H34N4O2. The number of guanidine groups is 1. The lowest BCUT2D eigenvalue weighted by atomic mass is 9.89. The van der Waals surface area contributed by atoms with Crippen molar-refractivity contribution in [3.63, 3.8) is 0 Å². The van der Waals surface area contributed by atoms with E-state index in [9.17, 15) is 4.79 Å². The predicted octanol–water partition coefficient (Wildman–Crippen LogP) is 2.54. The van der Waals surface area contributed by atoms with Crippen molar-refractivity contribution in [2.45, 2.75) is 45.6 Å². The largest absolute Gasteiger partial charge is 0.373 e. The first kappa shape index (κ1) is 20.6. The Morgan fingerprint density at radius 2 is 1.86 bits per heavy atom. The fourth-order valence-corrected chi connectivity index (χ4v) is 3.56. The van der Waals surface area contributed by atoms with Crippen molar-refractivity contribution in [3.8, 4) is 0 Å². The Morgan fingerprint density at radius 3 is 2.57 bits per heavy atom. The summed E-state index contributed by atoms with van der Waals surface area (Å²) in [7, 11) is 0. The highest BCUT2D eigenvalue weighted by Crippen LogP contribution is 2.34. The molecule has 1 aromatic carbocycles. The molecule has 1 saturated heterocycles. The van der Waals surface area contributed by atoms with Crippen LogP contribution in [0.25, 0.3) is 0 Å². The molecule has 1 aromatic rings. The summed E-state index contributed by atoms with van der Waals surface area (Å²) >= 11 is 0. The molecule has 1 heterocycles. The molecule has 6 heteroatoms. The quantitative estimate of drug-likeness (QED) is 0.365. The van der Waals surface area contributed by atoms with Crippen LogP contribution in [0.5, 0.6) is 0 Å². The minimum atomic E-state index is 0.110. The summed E-state index contributed by atoms with van der Waals surface area (Å²) in [4.78, 5) is 16.5. The van der Waals surface area contributed by atoms with Crippen molar-refractivity contribution in [3.05, 3.63) is 35.4 Å². The lowest BCUT2D eigenvalue weighted by Gasteiger charge is -2.31. The minimum Gasteiger partial charge on any atom is -0.373 e. The van der Waals surface area contributed by atoms with Gasteiger partial charge in [-0.2, -0.15) is 0 Å². The molecule has 2 aliphatic rings. The van der Waals surface area contributed by atoms with Crippen LogP contribution in [0, 0.1) is 18.8 Å². The van der Waals surface area contributed by atoms with Crippen LogP contribution in [0.4, 0.5) is 0 Å². The monoisotopic (exact) mass is 386 g/mol. The number of carbonyl (C=O) groups excluding carboxylic acids is 1. The van der Waals surface area contributed by atoms with E-state index in [1.54, 1.807) is 0 Å². The first-order chi connectivity index (χ1) is 13.7. The van der Waals surface area contributed by atoms with Crippen LogP contribution in [0.15, 0.2) is 29.3 Å². The molecule has 2 fully saturated rings. The summed E-state index contributed by atoms with van der Waals surface area (Å²) in [6.07, 6.45) is 4.39. The highest BCUT2D eigenvalue weighted by atomic mass is 16.5. The van der Waals surface area contributed by atoms with Gasteiger partial charge in [0, 0.05) is 44.6 Å². The van der Waals surface area contributed by atoms with E-state index in [0.29, 0.717) is 19.0 Å². The maximum Gasteiger partial charge on any atom is 0.223 e. The van der Waals surface area contributed by atoms with Crippen LogP contribution >= 0.6 is 0 Å². The Bertz CT molecular complexity index is 655. The predicted molar refractivity (Wildman–Crippen MR) is 112 cm³/mol.